The predicted molar refractivity (Wildman–Crippen MR) is 312 cm³/mol. The van der Waals surface area contributed by atoms with Crippen LogP contribution in [0.3, 0.4) is 0 Å². The molecule has 21 heteroatoms. The molecular weight excluding hydrogens is 1120 g/mol. The molecule has 0 bridgehead atoms. The van der Waals surface area contributed by atoms with Crippen molar-refractivity contribution in [1.29, 1.82) is 0 Å². The van der Waals surface area contributed by atoms with Crippen LogP contribution in [0.25, 0.3) is 0 Å². The Morgan fingerprint density at radius 2 is 0.924 bits per heavy atom. The number of likely N-dealkylation sites (tertiary alicyclic amines) is 2. The van der Waals surface area contributed by atoms with Crippen molar-refractivity contribution in [3.05, 3.63) is 105 Å². The molecule has 3 aromatic rings. The number of hydrogen-bond acceptors (Lipinski definition) is 10. The van der Waals surface area contributed by atoms with Gasteiger partial charge in [-0.25, -0.2) is 0 Å². The Labute approximate surface area is 486 Å². The number of hydrogen-bond donors (Lipinski definition) is 8. The van der Waals surface area contributed by atoms with Crippen LogP contribution in [0.2, 0.25) is 0 Å². The van der Waals surface area contributed by atoms with Crippen LogP contribution in [0.5, 0.6) is 0 Å². The number of amides is 8. The average Bonchev–Trinajstić information content (AvgIpc) is 4.15. The highest BCUT2D eigenvalue weighted by Crippen LogP contribution is 2.34. The lowest BCUT2D eigenvalue weighted by atomic mass is 9.85. The summed E-state index contributed by atoms with van der Waals surface area (Å²) >= 11 is 3.50. The first-order chi connectivity index (χ1) is 36.4. The number of rotatable bonds is 16. The van der Waals surface area contributed by atoms with Gasteiger partial charge in [0.1, 0.15) is 24.2 Å². The third-order valence-corrected chi connectivity index (χ3v) is 16.1. The number of aryl methyl sites for hydroxylation is 2. The largest absolute Gasteiger partial charge is 0.347 e. The number of carbonyl (C=O) groups excluding carboxylic acids is 8. The third kappa shape index (κ3) is 15.4. The van der Waals surface area contributed by atoms with E-state index < -0.39 is 82.8 Å². The Bertz CT molecular complexity index is 2560. The molecule has 0 radical (unpaired) electrons. The SMILES string of the molecule is CN[C@@H](C)C(=O)N[C@@H](C(=O)N1C[C@@H](NC(=O)c2cc(Br)cc(C(=O)N[C@H]3C[C@@H](C(=O)N[C@@H]4CCCc5ccccc54)N(C(=O)[C@H](NC(=O)[C@H](C)NC)C(C)(C)C)C3)c2)CC1C(=O)N[C@@H]1CCCc2ccccc21)C(C)(C)C.Cl.Cl. The lowest BCUT2D eigenvalue weighted by Crippen LogP contribution is -2.59. The maximum absolute atomic E-state index is 14.7. The summed E-state index contributed by atoms with van der Waals surface area (Å²) in [4.78, 5) is 117. The maximum atomic E-state index is 14.7. The van der Waals surface area contributed by atoms with Crippen LogP contribution in [0.15, 0.2) is 71.2 Å². The fraction of sp³-hybridized carbons (Fsp3) is 0.552. The summed E-state index contributed by atoms with van der Waals surface area (Å²) in [5, 5.41) is 24.2. The van der Waals surface area contributed by atoms with E-state index in [1.54, 1.807) is 40.1 Å². The smallest absolute Gasteiger partial charge is 0.251 e. The number of halogens is 3. The second kappa shape index (κ2) is 27.2. The number of fused-ring (bicyclic) bond motifs is 2. The standard InChI is InChI=1S/C58H79BrN10O8.2ClH/c1-32(60-9)49(70)66-47(57(3,4)5)55(76)68-30-39(28-45(68)53(74)64-43-23-15-19-34-17-11-13-21-41(34)43)62-51(72)36-25-37(27-38(59)26-36)52(73)63-40-29-46(54(75)65-44-24-16-20-35-18-12-14-22-42(35)44)69(31-40)56(77)48(58(6,7)8)67-50(71)33(2)61-10;;/h11-14,17-18,21-22,25-27,32-33,39-40,43-48,60-61H,15-16,19-20,23-24,28-31H2,1-10H3,(H,62,72)(H,63,73)(H,64,74)(H,65,75)(H,66,70)(H,67,71);2*1H/t32-,33-,39-,40-,43+,44+,45-,46?,47-,48-;;/m0../s1. The zero-order chi connectivity index (χ0) is 56.1. The summed E-state index contributed by atoms with van der Waals surface area (Å²) in [6.07, 6.45) is 5.18. The molecule has 2 fully saturated rings. The number of nitrogens with one attached hydrogen (secondary N) is 8. The molecule has 0 spiro atoms. The van der Waals surface area contributed by atoms with Gasteiger partial charge in [0, 0.05) is 40.8 Å². The van der Waals surface area contributed by atoms with Crippen LogP contribution in [0.1, 0.15) is 149 Å². The van der Waals surface area contributed by atoms with Crippen molar-refractivity contribution in [2.75, 3.05) is 27.2 Å². The lowest BCUT2D eigenvalue weighted by Gasteiger charge is -2.36. The van der Waals surface area contributed by atoms with Gasteiger partial charge in [-0.2, -0.15) is 0 Å². The Balaban J connectivity index is 0.00000574. The Morgan fingerprint density at radius 3 is 1.28 bits per heavy atom. The second-order valence-corrected chi connectivity index (χ2v) is 24.4. The molecule has 8 amide bonds. The van der Waals surface area contributed by atoms with Crippen molar-refractivity contribution in [1.82, 2.24) is 52.3 Å². The highest BCUT2D eigenvalue weighted by Gasteiger charge is 2.48. The molecule has 18 nitrogen and oxygen atoms in total. The second-order valence-electron chi connectivity index (χ2n) is 23.5. The topological polar surface area (TPSA) is 239 Å². The number of nitrogens with zero attached hydrogens (tertiary/aromatic N) is 2. The number of carbonyl (C=O) groups is 8. The van der Waals surface area contributed by atoms with Gasteiger partial charge in [-0.05, 0) is 131 Å². The van der Waals surface area contributed by atoms with Crippen LogP contribution in [-0.2, 0) is 41.6 Å². The van der Waals surface area contributed by atoms with Crippen molar-refractivity contribution < 1.29 is 38.4 Å². The van der Waals surface area contributed by atoms with Crippen molar-refractivity contribution in [2.24, 2.45) is 10.8 Å². The molecule has 2 heterocycles. The predicted octanol–water partition coefficient (Wildman–Crippen LogP) is 5.36. The summed E-state index contributed by atoms with van der Waals surface area (Å²) < 4.78 is 0.427. The summed E-state index contributed by atoms with van der Waals surface area (Å²) in [5.74, 6) is -3.49. The van der Waals surface area contributed by atoms with E-state index in [9.17, 15) is 38.4 Å². The quantitative estimate of drug-likeness (QED) is 0.0915. The van der Waals surface area contributed by atoms with Crippen molar-refractivity contribution in [3.63, 3.8) is 0 Å². The Morgan fingerprint density at radius 1 is 0.557 bits per heavy atom. The molecule has 1 unspecified atom stereocenters. The molecule has 10 atom stereocenters. The Kier molecular flexibility index (Phi) is 22.1. The number of likely N-dealkylation sites (N-methyl/N-ethyl adjacent to an activating group) is 2. The van der Waals surface area contributed by atoms with Crippen LogP contribution in [0.4, 0.5) is 0 Å². The molecule has 4 aliphatic rings. The van der Waals surface area contributed by atoms with Crippen LogP contribution < -0.4 is 42.5 Å². The molecule has 3 aromatic carbocycles. The van der Waals surface area contributed by atoms with E-state index in [0.29, 0.717) is 4.47 Å². The van der Waals surface area contributed by atoms with Crippen molar-refractivity contribution in [3.8, 4) is 0 Å². The molecule has 0 saturated carbocycles. The van der Waals surface area contributed by atoms with Crippen molar-refractivity contribution in [2.45, 2.75) is 167 Å². The van der Waals surface area contributed by atoms with Gasteiger partial charge in [-0.3, -0.25) is 38.4 Å². The molecule has 8 N–H and O–H groups in total. The average molecular weight is 1200 g/mol. The first kappa shape index (κ1) is 64.2. The summed E-state index contributed by atoms with van der Waals surface area (Å²) in [6, 6.07) is 13.5. The van der Waals surface area contributed by atoms with Crippen LogP contribution in [-0.4, -0.2) is 133 Å². The fourth-order valence-corrected chi connectivity index (χ4v) is 11.5. The van der Waals surface area contributed by atoms with Gasteiger partial charge < -0.3 is 52.3 Å². The summed E-state index contributed by atoms with van der Waals surface area (Å²) in [6.45, 7) is 14.4. The number of benzene rings is 3. The van der Waals surface area contributed by atoms with Crippen molar-refractivity contribution >= 4 is 88.0 Å². The molecule has 432 valence electrons. The van der Waals surface area contributed by atoms with Gasteiger partial charge in [0.2, 0.25) is 35.4 Å². The van der Waals surface area contributed by atoms with Crippen LogP contribution >= 0.6 is 40.7 Å². The van der Waals surface area contributed by atoms with E-state index in [0.717, 1.165) is 60.8 Å². The molecular formula is C58H81BrCl2N10O8. The van der Waals surface area contributed by atoms with E-state index in [1.165, 1.54) is 15.9 Å². The fourth-order valence-electron chi connectivity index (χ4n) is 11.0. The first-order valence-corrected chi connectivity index (χ1v) is 27.9. The van der Waals surface area contributed by atoms with Gasteiger partial charge in [0.15, 0.2) is 0 Å². The summed E-state index contributed by atoms with van der Waals surface area (Å²) in [7, 11) is 3.30. The van der Waals surface area contributed by atoms with E-state index in [2.05, 4.69) is 70.6 Å². The highest BCUT2D eigenvalue weighted by atomic mass is 79.9. The highest BCUT2D eigenvalue weighted by molar-refractivity contribution is 9.10. The minimum absolute atomic E-state index is 0. The zero-order valence-electron chi connectivity index (χ0n) is 47.1. The van der Waals surface area contributed by atoms with Gasteiger partial charge in [-0.1, -0.05) is 106 Å². The molecule has 0 aromatic heterocycles. The van der Waals surface area contributed by atoms with E-state index in [-0.39, 0.29) is 97.6 Å². The Hall–Kier alpha value is -5.60. The molecule has 7 rings (SSSR count). The van der Waals surface area contributed by atoms with Gasteiger partial charge >= 0.3 is 0 Å². The molecule has 2 aliphatic heterocycles. The molecule has 2 saturated heterocycles. The monoisotopic (exact) mass is 1190 g/mol. The normalized spacial score (nSPS) is 22.2. The minimum atomic E-state index is -1.01. The first-order valence-electron chi connectivity index (χ1n) is 27.1. The summed E-state index contributed by atoms with van der Waals surface area (Å²) in [5.41, 5.74) is 3.13. The third-order valence-electron chi connectivity index (χ3n) is 15.7. The zero-order valence-corrected chi connectivity index (χ0v) is 50.3. The van der Waals surface area contributed by atoms with E-state index >= 15 is 0 Å². The maximum Gasteiger partial charge on any atom is 0.251 e. The lowest BCUT2D eigenvalue weighted by molar-refractivity contribution is -0.144. The van der Waals surface area contributed by atoms with Gasteiger partial charge in [0.05, 0.1) is 24.2 Å². The molecule has 2 aliphatic carbocycles. The van der Waals surface area contributed by atoms with E-state index in [4.69, 9.17) is 0 Å². The minimum Gasteiger partial charge on any atom is -0.347 e. The van der Waals surface area contributed by atoms with Crippen LogP contribution in [0, 0.1) is 10.8 Å². The van der Waals surface area contributed by atoms with E-state index in [1.807, 2.05) is 77.9 Å². The van der Waals surface area contributed by atoms with Gasteiger partial charge in [0.25, 0.3) is 11.8 Å². The molecule has 79 heavy (non-hydrogen) atoms. The van der Waals surface area contributed by atoms with Gasteiger partial charge in [-0.15, -0.1) is 24.8 Å².